The molecule has 2 nitrogen and oxygen atoms in total. The van der Waals surface area contributed by atoms with Gasteiger partial charge in [-0.15, -0.1) is 0 Å². The standard InChI is InChI=1S/C14H23ClN2/c15-8-3-9-17-11-14(6-1-2-7-14)16-10-13(17)12-4-5-12/h3,8,12-13,16H,1-2,4-7,9-11H2/b8-3+. The average molecular weight is 255 g/mol. The monoisotopic (exact) mass is 254 g/mol. The highest BCUT2D eigenvalue weighted by Gasteiger charge is 2.44. The molecule has 3 rings (SSSR count). The van der Waals surface area contributed by atoms with Crippen LogP contribution in [0.3, 0.4) is 0 Å². The Balaban J connectivity index is 1.68. The highest BCUT2D eigenvalue weighted by Crippen LogP contribution is 2.40. The van der Waals surface area contributed by atoms with Crippen molar-refractivity contribution in [1.29, 1.82) is 0 Å². The predicted octanol–water partition coefficient (Wildman–Crippen LogP) is 2.74. The molecule has 0 aromatic heterocycles. The number of piperazine rings is 1. The lowest BCUT2D eigenvalue weighted by molar-refractivity contribution is 0.0799. The summed E-state index contributed by atoms with van der Waals surface area (Å²) in [6.45, 7) is 3.46. The van der Waals surface area contributed by atoms with Gasteiger partial charge in [0.15, 0.2) is 0 Å². The van der Waals surface area contributed by atoms with Crippen molar-refractivity contribution in [3.8, 4) is 0 Å². The second-order valence-electron chi connectivity index (χ2n) is 6.06. The van der Waals surface area contributed by atoms with Gasteiger partial charge in [-0.25, -0.2) is 0 Å². The van der Waals surface area contributed by atoms with E-state index < -0.39 is 0 Å². The van der Waals surface area contributed by atoms with Crippen molar-refractivity contribution in [3.05, 3.63) is 11.6 Å². The first kappa shape index (κ1) is 12.0. The molecule has 0 aromatic carbocycles. The van der Waals surface area contributed by atoms with Crippen LogP contribution in [-0.2, 0) is 0 Å². The van der Waals surface area contributed by atoms with Crippen LogP contribution < -0.4 is 5.32 Å². The van der Waals surface area contributed by atoms with E-state index in [1.807, 2.05) is 0 Å². The maximum atomic E-state index is 5.69. The molecule has 96 valence electrons. The smallest absolute Gasteiger partial charge is 0.0309 e. The van der Waals surface area contributed by atoms with Gasteiger partial charge in [0.2, 0.25) is 0 Å². The lowest BCUT2D eigenvalue weighted by Gasteiger charge is -2.46. The van der Waals surface area contributed by atoms with Crippen LogP contribution >= 0.6 is 11.6 Å². The number of rotatable bonds is 3. The fourth-order valence-electron chi connectivity index (χ4n) is 3.72. The molecule has 3 aliphatic rings. The highest BCUT2D eigenvalue weighted by atomic mass is 35.5. The molecule has 3 heteroatoms. The van der Waals surface area contributed by atoms with Crippen LogP contribution in [0.5, 0.6) is 0 Å². The Bertz CT molecular complexity index is 293. The van der Waals surface area contributed by atoms with Crippen LogP contribution in [0, 0.1) is 5.92 Å². The largest absolute Gasteiger partial charge is 0.308 e. The van der Waals surface area contributed by atoms with E-state index in [0.717, 1.165) is 18.5 Å². The first-order valence-electron chi connectivity index (χ1n) is 7.07. The van der Waals surface area contributed by atoms with E-state index >= 15 is 0 Å². The second kappa shape index (κ2) is 4.91. The van der Waals surface area contributed by atoms with E-state index in [-0.39, 0.29) is 0 Å². The number of nitrogens with zero attached hydrogens (tertiary/aromatic N) is 1. The van der Waals surface area contributed by atoms with Crippen LogP contribution in [0.15, 0.2) is 11.6 Å². The molecule has 1 saturated heterocycles. The summed E-state index contributed by atoms with van der Waals surface area (Å²) in [5, 5.41) is 3.87. The maximum Gasteiger partial charge on any atom is 0.0309 e. The first-order chi connectivity index (χ1) is 8.33. The van der Waals surface area contributed by atoms with Crippen molar-refractivity contribution < 1.29 is 0 Å². The minimum absolute atomic E-state index is 0.436. The van der Waals surface area contributed by atoms with Crippen molar-refractivity contribution in [3.63, 3.8) is 0 Å². The van der Waals surface area contributed by atoms with Gasteiger partial charge in [0.1, 0.15) is 0 Å². The maximum absolute atomic E-state index is 5.69. The zero-order chi connectivity index (χ0) is 11.7. The third-order valence-corrected chi connectivity index (χ3v) is 4.99. The van der Waals surface area contributed by atoms with E-state index in [0.29, 0.717) is 5.54 Å². The van der Waals surface area contributed by atoms with Crippen molar-refractivity contribution in [2.45, 2.75) is 50.1 Å². The van der Waals surface area contributed by atoms with Crippen LogP contribution in [0.4, 0.5) is 0 Å². The molecule has 1 unspecified atom stereocenters. The van der Waals surface area contributed by atoms with E-state index in [1.165, 1.54) is 51.6 Å². The first-order valence-corrected chi connectivity index (χ1v) is 7.51. The summed E-state index contributed by atoms with van der Waals surface area (Å²) >= 11 is 5.69. The van der Waals surface area contributed by atoms with Gasteiger partial charge in [-0.05, 0) is 31.6 Å². The SMILES string of the molecule is Cl/C=C/CN1CC2(CCCC2)NCC1C1CC1. The number of halogens is 1. The number of nitrogens with one attached hydrogen (secondary N) is 1. The fourth-order valence-corrected chi connectivity index (χ4v) is 3.80. The summed E-state index contributed by atoms with van der Waals surface area (Å²) in [4.78, 5) is 2.68. The van der Waals surface area contributed by atoms with Gasteiger partial charge in [0.25, 0.3) is 0 Å². The Morgan fingerprint density at radius 1 is 1.29 bits per heavy atom. The molecular formula is C14H23ClN2. The number of hydrogen-bond acceptors (Lipinski definition) is 2. The molecule has 1 spiro atoms. The molecule has 1 heterocycles. The molecule has 0 amide bonds. The normalized spacial score (nSPS) is 33.8. The Labute approximate surface area is 109 Å². The van der Waals surface area contributed by atoms with Crippen LogP contribution in [0.25, 0.3) is 0 Å². The van der Waals surface area contributed by atoms with Gasteiger partial charge < -0.3 is 5.32 Å². The third-order valence-electron chi connectivity index (χ3n) is 4.82. The summed E-state index contributed by atoms with van der Waals surface area (Å²) < 4.78 is 0. The van der Waals surface area contributed by atoms with Gasteiger partial charge in [0.05, 0.1) is 0 Å². The zero-order valence-corrected chi connectivity index (χ0v) is 11.3. The van der Waals surface area contributed by atoms with Gasteiger partial charge in [-0.1, -0.05) is 30.5 Å². The van der Waals surface area contributed by atoms with E-state index in [4.69, 9.17) is 11.6 Å². The van der Waals surface area contributed by atoms with Crippen LogP contribution in [-0.4, -0.2) is 36.1 Å². The van der Waals surface area contributed by atoms with Crippen molar-refractivity contribution in [2.24, 2.45) is 5.92 Å². The molecule has 2 saturated carbocycles. The molecule has 0 bridgehead atoms. The average Bonchev–Trinajstić information content (AvgIpc) is 3.09. The molecule has 1 N–H and O–H groups in total. The molecule has 2 aliphatic carbocycles. The minimum atomic E-state index is 0.436. The molecule has 1 atom stereocenters. The van der Waals surface area contributed by atoms with Crippen molar-refractivity contribution >= 4 is 11.6 Å². The van der Waals surface area contributed by atoms with E-state index in [9.17, 15) is 0 Å². The minimum Gasteiger partial charge on any atom is -0.308 e. The molecule has 0 radical (unpaired) electrons. The Hall–Kier alpha value is -0.0500. The topological polar surface area (TPSA) is 15.3 Å². The van der Waals surface area contributed by atoms with Crippen molar-refractivity contribution in [2.75, 3.05) is 19.6 Å². The number of hydrogen-bond donors (Lipinski definition) is 1. The Morgan fingerprint density at radius 2 is 2.06 bits per heavy atom. The highest BCUT2D eigenvalue weighted by molar-refractivity contribution is 6.25. The van der Waals surface area contributed by atoms with Gasteiger partial charge in [0, 0.05) is 36.8 Å². The Kier molecular flexibility index (Phi) is 3.47. The molecule has 3 fully saturated rings. The van der Waals surface area contributed by atoms with Gasteiger partial charge >= 0.3 is 0 Å². The molecule has 1 aliphatic heterocycles. The lowest BCUT2D eigenvalue weighted by atomic mass is 9.91. The third kappa shape index (κ3) is 2.54. The van der Waals surface area contributed by atoms with E-state index in [1.54, 1.807) is 5.54 Å². The lowest BCUT2D eigenvalue weighted by Crippen LogP contribution is -2.63. The Morgan fingerprint density at radius 3 is 2.71 bits per heavy atom. The summed E-state index contributed by atoms with van der Waals surface area (Å²) in [5.74, 6) is 0.949. The summed E-state index contributed by atoms with van der Waals surface area (Å²) in [6.07, 6.45) is 10.5. The van der Waals surface area contributed by atoms with Gasteiger partial charge in [-0.3, -0.25) is 4.90 Å². The fraction of sp³-hybridized carbons (Fsp3) is 0.857. The second-order valence-corrected chi connectivity index (χ2v) is 6.32. The van der Waals surface area contributed by atoms with Crippen LogP contribution in [0.1, 0.15) is 38.5 Å². The summed E-state index contributed by atoms with van der Waals surface area (Å²) in [5.41, 5.74) is 2.11. The predicted molar refractivity (Wildman–Crippen MR) is 72.3 cm³/mol. The molecular weight excluding hydrogens is 232 g/mol. The van der Waals surface area contributed by atoms with Crippen LogP contribution in [0.2, 0.25) is 0 Å². The zero-order valence-electron chi connectivity index (χ0n) is 10.5. The summed E-state index contributed by atoms with van der Waals surface area (Å²) in [6, 6.07) is 0.758. The quantitative estimate of drug-likeness (QED) is 0.833. The van der Waals surface area contributed by atoms with Gasteiger partial charge in [-0.2, -0.15) is 0 Å². The van der Waals surface area contributed by atoms with E-state index in [2.05, 4.69) is 16.3 Å². The summed E-state index contributed by atoms with van der Waals surface area (Å²) in [7, 11) is 0. The van der Waals surface area contributed by atoms with Crippen molar-refractivity contribution in [1.82, 2.24) is 10.2 Å². The molecule has 0 aromatic rings. The molecule has 17 heavy (non-hydrogen) atoms.